The van der Waals surface area contributed by atoms with Crippen LogP contribution in [0.15, 0.2) is 0 Å². The molecule has 1 saturated heterocycles. The predicted octanol–water partition coefficient (Wildman–Crippen LogP) is 1.18. The average Bonchev–Trinajstić information content (AvgIpc) is 2.72. The van der Waals surface area contributed by atoms with Crippen LogP contribution in [-0.2, 0) is 14.3 Å². The Morgan fingerprint density at radius 2 is 1.89 bits per heavy atom. The fourth-order valence-corrected chi connectivity index (χ4v) is 2.37. The third kappa shape index (κ3) is 4.09. The van der Waals surface area contributed by atoms with Crippen molar-refractivity contribution in [2.45, 2.75) is 25.4 Å². The van der Waals surface area contributed by atoms with Gasteiger partial charge in [0.15, 0.2) is 0 Å². The second-order valence-corrected chi connectivity index (χ2v) is 4.87. The highest BCUT2D eigenvalue weighted by molar-refractivity contribution is 5.73. The highest BCUT2D eigenvalue weighted by Crippen LogP contribution is 2.44. The summed E-state index contributed by atoms with van der Waals surface area (Å²) in [5, 5.41) is 10.4. The lowest BCUT2D eigenvalue weighted by Gasteiger charge is -2.39. The van der Waals surface area contributed by atoms with Gasteiger partial charge in [0, 0.05) is 13.1 Å². The monoisotopic (exact) mass is 283 g/mol. The quantitative estimate of drug-likeness (QED) is 0.707. The molecule has 19 heavy (non-hydrogen) atoms. The molecule has 1 aliphatic carbocycles. The van der Waals surface area contributed by atoms with Crippen molar-refractivity contribution in [1.82, 2.24) is 5.32 Å². The van der Waals surface area contributed by atoms with Gasteiger partial charge in [-0.25, -0.2) is 4.79 Å². The lowest BCUT2D eigenvalue weighted by molar-refractivity contribution is -0.192. The molecule has 1 unspecified atom stereocenters. The standard InChI is InChI=1S/C9H15NO2.C2HF3O2/c1-12-8(11)7-2-3-9(4-7)5-10-6-9;3-2(4,5)1(6)7/h7,10H,2-6H2,1H3;(H,6,7). The largest absolute Gasteiger partial charge is 0.490 e. The Kier molecular flexibility index (Phi) is 4.78. The normalized spacial score (nSPS) is 24.1. The fraction of sp³-hybridized carbons (Fsp3) is 0.818. The van der Waals surface area contributed by atoms with Gasteiger partial charge in [0.05, 0.1) is 13.0 Å². The molecule has 2 fully saturated rings. The summed E-state index contributed by atoms with van der Waals surface area (Å²) in [6.45, 7) is 2.20. The second kappa shape index (κ2) is 5.77. The van der Waals surface area contributed by atoms with Crippen molar-refractivity contribution >= 4 is 11.9 Å². The van der Waals surface area contributed by atoms with Crippen LogP contribution in [0.1, 0.15) is 19.3 Å². The molecule has 1 heterocycles. The van der Waals surface area contributed by atoms with Gasteiger partial charge in [0.25, 0.3) is 0 Å². The topological polar surface area (TPSA) is 75.6 Å². The van der Waals surface area contributed by atoms with Crippen LogP contribution in [0.3, 0.4) is 0 Å². The molecule has 8 heteroatoms. The Morgan fingerprint density at radius 3 is 2.16 bits per heavy atom. The van der Waals surface area contributed by atoms with E-state index >= 15 is 0 Å². The Morgan fingerprint density at radius 1 is 1.37 bits per heavy atom. The van der Waals surface area contributed by atoms with E-state index in [-0.39, 0.29) is 11.9 Å². The van der Waals surface area contributed by atoms with Crippen LogP contribution in [0.2, 0.25) is 0 Å². The van der Waals surface area contributed by atoms with Crippen LogP contribution in [0.4, 0.5) is 13.2 Å². The lowest BCUT2D eigenvalue weighted by atomic mass is 9.79. The Bertz CT molecular complexity index is 352. The first-order valence-corrected chi connectivity index (χ1v) is 5.79. The van der Waals surface area contributed by atoms with Gasteiger partial charge in [-0.1, -0.05) is 0 Å². The molecular formula is C11H16F3NO4. The number of methoxy groups -OCH3 is 1. The molecule has 0 aromatic carbocycles. The number of carbonyl (C=O) groups is 2. The van der Waals surface area contributed by atoms with Gasteiger partial charge in [-0.15, -0.1) is 0 Å². The van der Waals surface area contributed by atoms with Crippen molar-refractivity contribution in [2.24, 2.45) is 11.3 Å². The van der Waals surface area contributed by atoms with Crippen LogP contribution in [0.25, 0.3) is 0 Å². The van der Waals surface area contributed by atoms with Crippen molar-refractivity contribution < 1.29 is 32.6 Å². The number of hydrogen-bond acceptors (Lipinski definition) is 4. The maximum Gasteiger partial charge on any atom is 0.490 e. The zero-order chi connectivity index (χ0) is 14.7. The molecule has 1 spiro atoms. The molecular weight excluding hydrogens is 267 g/mol. The number of hydrogen-bond donors (Lipinski definition) is 2. The van der Waals surface area contributed by atoms with Crippen LogP contribution in [0, 0.1) is 11.3 Å². The molecule has 2 rings (SSSR count). The molecule has 1 aliphatic heterocycles. The number of alkyl halides is 3. The minimum absolute atomic E-state index is 0.0150. The maximum absolute atomic E-state index is 11.2. The van der Waals surface area contributed by atoms with Crippen molar-refractivity contribution in [3.63, 3.8) is 0 Å². The number of rotatable bonds is 1. The van der Waals surface area contributed by atoms with Gasteiger partial charge < -0.3 is 15.2 Å². The predicted molar refractivity (Wildman–Crippen MR) is 58.4 cm³/mol. The van der Waals surface area contributed by atoms with Gasteiger partial charge in [0.1, 0.15) is 0 Å². The van der Waals surface area contributed by atoms with E-state index < -0.39 is 12.1 Å². The number of halogens is 3. The number of carboxylic acid groups (broad SMARTS) is 1. The van der Waals surface area contributed by atoms with E-state index in [0.717, 1.165) is 25.9 Å². The summed E-state index contributed by atoms with van der Waals surface area (Å²) < 4.78 is 36.5. The molecule has 0 aromatic rings. The number of ether oxygens (including phenoxy) is 1. The highest BCUT2D eigenvalue weighted by Gasteiger charge is 2.46. The third-order valence-corrected chi connectivity index (χ3v) is 3.48. The molecule has 110 valence electrons. The summed E-state index contributed by atoms with van der Waals surface area (Å²) in [5.41, 5.74) is 0.457. The molecule has 0 amide bonds. The SMILES string of the molecule is COC(=O)C1CCC2(CNC2)C1.O=C(O)C(F)(F)F. The molecule has 1 saturated carbocycles. The zero-order valence-corrected chi connectivity index (χ0v) is 10.4. The number of esters is 1. The van der Waals surface area contributed by atoms with E-state index in [1.165, 1.54) is 13.5 Å². The Hall–Kier alpha value is -1.31. The maximum atomic E-state index is 11.2. The van der Waals surface area contributed by atoms with Crippen LogP contribution in [-0.4, -0.2) is 43.4 Å². The molecule has 1 atom stereocenters. The summed E-state index contributed by atoms with van der Waals surface area (Å²) in [7, 11) is 1.48. The van der Waals surface area contributed by atoms with Gasteiger partial charge in [-0.2, -0.15) is 13.2 Å². The minimum atomic E-state index is -5.08. The van der Waals surface area contributed by atoms with Crippen molar-refractivity contribution in [2.75, 3.05) is 20.2 Å². The van der Waals surface area contributed by atoms with Gasteiger partial charge >= 0.3 is 18.1 Å². The summed E-state index contributed by atoms with van der Waals surface area (Å²) in [6, 6.07) is 0. The summed E-state index contributed by atoms with van der Waals surface area (Å²) in [5.74, 6) is -2.59. The van der Waals surface area contributed by atoms with Crippen molar-refractivity contribution in [3.05, 3.63) is 0 Å². The number of aliphatic carboxylic acids is 1. The minimum Gasteiger partial charge on any atom is -0.475 e. The first-order valence-electron chi connectivity index (χ1n) is 5.79. The van der Waals surface area contributed by atoms with Gasteiger partial charge in [0.2, 0.25) is 0 Å². The average molecular weight is 283 g/mol. The summed E-state index contributed by atoms with van der Waals surface area (Å²) >= 11 is 0. The zero-order valence-electron chi connectivity index (χ0n) is 10.4. The summed E-state index contributed by atoms with van der Waals surface area (Å²) in [4.78, 5) is 20.1. The molecule has 0 radical (unpaired) electrons. The molecule has 0 bridgehead atoms. The number of carbonyl (C=O) groups excluding carboxylic acids is 1. The van der Waals surface area contributed by atoms with Gasteiger partial charge in [-0.3, -0.25) is 4.79 Å². The van der Waals surface area contributed by atoms with E-state index in [4.69, 9.17) is 14.6 Å². The van der Waals surface area contributed by atoms with Crippen molar-refractivity contribution in [3.8, 4) is 0 Å². The first kappa shape index (κ1) is 15.7. The molecule has 5 nitrogen and oxygen atoms in total. The Balaban J connectivity index is 0.000000224. The molecule has 0 aromatic heterocycles. The van der Waals surface area contributed by atoms with E-state index in [9.17, 15) is 18.0 Å². The second-order valence-electron chi connectivity index (χ2n) is 4.87. The first-order chi connectivity index (χ1) is 8.70. The van der Waals surface area contributed by atoms with E-state index in [1.807, 2.05) is 0 Å². The van der Waals surface area contributed by atoms with Crippen LogP contribution < -0.4 is 5.32 Å². The lowest BCUT2D eigenvalue weighted by Crippen LogP contribution is -2.51. The number of carboxylic acids is 1. The van der Waals surface area contributed by atoms with Crippen molar-refractivity contribution in [1.29, 1.82) is 0 Å². The van der Waals surface area contributed by atoms with Crippen LogP contribution >= 0.6 is 0 Å². The number of nitrogens with one attached hydrogen (secondary N) is 1. The Labute approximate surface area is 108 Å². The highest BCUT2D eigenvalue weighted by atomic mass is 19.4. The van der Waals surface area contributed by atoms with E-state index in [1.54, 1.807) is 0 Å². The molecule has 2 N–H and O–H groups in total. The van der Waals surface area contributed by atoms with E-state index in [2.05, 4.69) is 5.32 Å². The van der Waals surface area contributed by atoms with Gasteiger partial charge in [-0.05, 0) is 24.7 Å². The smallest absolute Gasteiger partial charge is 0.475 e. The van der Waals surface area contributed by atoms with E-state index in [0.29, 0.717) is 5.41 Å². The molecule has 2 aliphatic rings. The third-order valence-electron chi connectivity index (χ3n) is 3.48. The summed E-state index contributed by atoms with van der Waals surface area (Å²) in [6.07, 6.45) is -1.83. The van der Waals surface area contributed by atoms with Crippen LogP contribution in [0.5, 0.6) is 0 Å². The fourth-order valence-electron chi connectivity index (χ4n) is 2.37.